The van der Waals surface area contributed by atoms with E-state index in [-0.39, 0.29) is 23.0 Å². The Morgan fingerprint density at radius 2 is 1.81 bits per heavy atom. The zero-order chi connectivity index (χ0) is 29.5. The summed E-state index contributed by atoms with van der Waals surface area (Å²) in [6.07, 6.45) is 3.41. The van der Waals surface area contributed by atoms with Crippen molar-refractivity contribution in [3.05, 3.63) is 95.3 Å². The Bertz CT molecular complexity index is 1760. The second kappa shape index (κ2) is 10.9. The number of aromatic nitrogens is 3. The Balaban J connectivity index is 1.30. The highest BCUT2D eigenvalue weighted by molar-refractivity contribution is 5.87. The zero-order valence-corrected chi connectivity index (χ0v) is 24.3. The smallest absolute Gasteiger partial charge is 0.275 e. The Labute approximate surface area is 244 Å². The summed E-state index contributed by atoms with van der Waals surface area (Å²) in [5.41, 5.74) is 5.78. The summed E-state index contributed by atoms with van der Waals surface area (Å²) in [4.78, 5) is 31.4. The Kier molecular flexibility index (Phi) is 7.16. The fourth-order valence-electron chi connectivity index (χ4n) is 5.76. The molecule has 1 saturated heterocycles. The van der Waals surface area contributed by atoms with Crippen LogP contribution in [0.25, 0.3) is 11.0 Å². The molecule has 0 radical (unpaired) electrons. The summed E-state index contributed by atoms with van der Waals surface area (Å²) in [7, 11) is 3.79. The highest BCUT2D eigenvalue weighted by atomic mass is 19.1. The number of para-hydroxylation sites is 1. The molecule has 4 heterocycles. The van der Waals surface area contributed by atoms with Crippen molar-refractivity contribution in [1.82, 2.24) is 19.4 Å². The molecule has 2 aromatic heterocycles. The largest absolute Gasteiger partial charge is 0.369 e. The molecule has 6 rings (SSSR count). The van der Waals surface area contributed by atoms with Crippen molar-refractivity contribution in [3.8, 4) is 0 Å². The third-order valence-electron chi connectivity index (χ3n) is 8.19. The predicted molar refractivity (Wildman–Crippen MR) is 169 cm³/mol. The van der Waals surface area contributed by atoms with E-state index < -0.39 is 0 Å². The summed E-state index contributed by atoms with van der Waals surface area (Å²) in [5.74, 6) is -0.166. The van der Waals surface area contributed by atoms with Crippen molar-refractivity contribution in [2.45, 2.75) is 6.92 Å². The number of hydrogen-bond acceptors (Lipinski definition) is 8. The molecule has 10 heteroatoms. The van der Waals surface area contributed by atoms with Gasteiger partial charge in [-0.05, 0) is 55.9 Å². The lowest BCUT2D eigenvalue weighted by atomic mass is 10.1. The van der Waals surface area contributed by atoms with Gasteiger partial charge in [0.15, 0.2) is 0 Å². The van der Waals surface area contributed by atoms with Crippen LogP contribution in [0.4, 0.5) is 38.8 Å². The molecule has 0 spiro atoms. The number of rotatable bonds is 6. The molecular formula is C32H35FN8O. The lowest BCUT2D eigenvalue weighted by molar-refractivity contribution is 0.313. The molecule has 9 nitrogen and oxygen atoms in total. The average Bonchev–Trinajstić information content (AvgIpc) is 3.00. The number of halogens is 1. The van der Waals surface area contributed by atoms with Crippen LogP contribution in [0.5, 0.6) is 0 Å². The van der Waals surface area contributed by atoms with Crippen LogP contribution < -0.4 is 25.6 Å². The van der Waals surface area contributed by atoms with Gasteiger partial charge < -0.3 is 24.9 Å². The average molecular weight is 567 g/mol. The van der Waals surface area contributed by atoms with Crippen LogP contribution in [0.3, 0.4) is 0 Å². The first-order valence-electron chi connectivity index (χ1n) is 14.1. The molecule has 1 N–H and O–H groups in total. The van der Waals surface area contributed by atoms with E-state index in [1.807, 2.05) is 29.2 Å². The van der Waals surface area contributed by atoms with E-state index >= 15 is 4.39 Å². The lowest BCUT2D eigenvalue weighted by Gasteiger charge is -2.39. The van der Waals surface area contributed by atoms with E-state index in [4.69, 9.17) is 0 Å². The van der Waals surface area contributed by atoms with E-state index in [9.17, 15) is 4.79 Å². The molecule has 0 amide bonds. The summed E-state index contributed by atoms with van der Waals surface area (Å²) >= 11 is 0. The molecule has 2 aliphatic rings. The highest BCUT2D eigenvalue weighted by Gasteiger charge is 2.28. The predicted octanol–water partition coefficient (Wildman–Crippen LogP) is 4.93. The minimum absolute atomic E-state index is 0.182. The van der Waals surface area contributed by atoms with Gasteiger partial charge in [0.2, 0.25) is 5.95 Å². The lowest BCUT2D eigenvalue weighted by Crippen LogP contribution is -2.44. The minimum Gasteiger partial charge on any atom is -0.369 e. The van der Waals surface area contributed by atoms with Gasteiger partial charge in [-0.3, -0.25) is 9.36 Å². The first-order valence-corrected chi connectivity index (χ1v) is 14.1. The van der Waals surface area contributed by atoms with Crippen LogP contribution >= 0.6 is 0 Å². The molecule has 0 bridgehead atoms. The molecule has 2 aliphatic heterocycles. The number of piperazine rings is 1. The van der Waals surface area contributed by atoms with Crippen molar-refractivity contribution in [1.29, 1.82) is 0 Å². The summed E-state index contributed by atoms with van der Waals surface area (Å²) < 4.78 is 16.6. The van der Waals surface area contributed by atoms with Crippen molar-refractivity contribution in [2.75, 3.05) is 66.3 Å². The summed E-state index contributed by atoms with van der Waals surface area (Å²) in [5, 5.41) is 3.70. The number of benzene rings is 2. The van der Waals surface area contributed by atoms with Crippen molar-refractivity contribution in [3.63, 3.8) is 0 Å². The number of allylic oxidation sites excluding steroid dienone is 1. The van der Waals surface area contributed by atoms with E-state index in [2.05, 4.69) is 63.2 Å². The molecule has 0 aliphatic carbocycles. The maximum atomic E-state index is 15.1. The third-order valence-corrected chi connectivity index (χ3v) is 8.19. The van der Waals surface area contributed by atoms with E-state index in [0.29, 0.717) is 29.8 Å². The zero-order valence-electron chi connectivity index (χ0n) is 24.3. The molecule has 0 saturated carbocycles. The van der Waals surface area contributed by atoms with Gasteiger partial charge in [-0.15, -0.1) is 0 Å². The van der Waals surface area contributed by atoms with E-state index in [1.54, 1.807) is 31.5 Å². The van der Waals surface area contributed by atoms with Crippen LogP contribution in [0.15, 0.2) is 78.4 Å². The second-order valence-electron chi connectivity index (χ2n) is 10.9. The Morgan fingerprint density at radius 1 is 1.02 bits per heavy atom. The van der Waals surface area contributed by atoms with Crippen LogP contribution in [-0.2, 0) is 7.05 Å². The van der Waals surface area contributed by atoms with Crippen LogP contribution in [0, 0.1) is 12.7 Å². The summed E-state index contributed by atoms with van der Waals surface area (Å²) in [6, 6.07) is 13.0. The molecule has 42 heavy (non-hydrogen) atoms. The SMILES string of the molecule is C=CC(=C)N1CCN(c2cc3cnc(Nc4ccc(N5CCN(C)CC5)cc4F)nc3n(C)c2=O)c2cccc(C)c21. The Hall–Kier alpha value is -4.70. The second-order valence-corrected chi connectivity index (χ2v) is 10.9. The van der Waals surface area contributed by atoms with Gasteiger partial charge >= 0.3 is 0 Å². The number of likely N-dealkylation sites (N-methyl/N-ethyl adjacent to an activating group) is 1. The van der Waals surface area contributed by atoms with Gasteiger partial charge in [0.25, 0.3) is 5.56 Å². The number of nitrogens with zero attached hydrogens (tertiary/aromatic N) is 7. The van der Waals surface area contributed by atoms with E-state index in [1.165, 1.54) is 4.57 Å². The molecule has 0 atom stereocenters. The van der Waals surface area contributed by atoms with Gasteiger partial charge in [-0.1, -0.05) is 25.3 Å². The first kappa shape index (κ1) is 27.5. The van der Waals surface area contributed by atoms with Gasteiger partial charge in [0, 0.05) is 69.3 Å². The minimum atomic E-state index is -0.383. The van der Waals surface area contributed by atoms with Crippen LogP contribution in [-0.4, -0.2) is 65.8 Å². The monoisotopic (exact) mass is 566 g/mol. The molecule has 1 fully saturated rings. The third kappa shape index (κ3) is 4.87. The van der Waals surface area contributed by atoms with Crippen molar-refractivity contribution >= 4 is 45.4 Å². The fraction of sp³-hybridized carbons (Fsp3) is 0.281. The summed E-state index contributed by atoms with van der Waals surface area (Å²) in [6.45, 7) is 14.9. The van der Waals surface area contributed by atoms with Crippen molar-refractivity contribution < 1.29 is 4.39 Å². The van der Waals surface area contributed by atoms with Gasteiger partial charge in [-0.25, -0.2) is 9.37 Å². The number of fused-ring (bicyclic) bond motifs is 2. The van der Waals surface area contributed by atoms with Gasteiger partial charge in [0.1, 0.15) is 17.2 Å². The van der Waals surface area contributed by atoms with Gasteiger partial charge in [-0.2, -0.15) is 4.98 Å². The number of hydrogen-bond donors (Lipinski definition) is 1. The topological polar surface area (TPSA) is 72.8 Å². The maximum absolute atomic E-state index is 15.1. The quantitative estimate of drug-likeness (QED) is 0.330. The molecule has 0 unspecified atom stereocenters. The maximum Gasteiger partial charge on any atom is 0.275 e. The molecular weight excluding hydrogens is 531 g/mol. The highest BCUT2D eigenvalue weighted by Crippen LogP contribution is 2.41. The molecule has 216 valence electrons. The standard InChI is InChI=1S/C32H35FN8O/c1-6-22(3)40-16-17-41(27-9-7-8-21(2)29(27)40)28-18-23-20-34-32(36-30(23)38(5)31(28)42)35-26-11-10-24(19-25(26)33)39-14-12-37(4)13-15-39/h6-11,18-20H,1,3,12-17H2,2,4-5H3,(H,34,35,36). The normalized spacial score (nSPS) is 15.6. The fourth-order valence-corrected chi connectivity index (χ4v) is 5.76. The first-order chi connectivity index (χ1) is 20.2. The van der Waals surface area contributed by atoms with Crippen LogP contribution in [0.2, 0.25) is 0 Å². The Morgan fingerprint density at radius 3 is 2.55 bits per heavy atom. The number of nitrogens with one attached hydrogen (secondary N) is 1. The molecule has 4 aromatic rings. The number of anilines is 6. The number of pyridine rings is 1. The van der Waals surface area contributed by atoms with Crippen molar-refractivity contribution in [2.24, 2.45) is 7.05 Å². The molecule has 2 aromatic carbocycles. The van der Waals surface area contributed by atoms with E-state index in [0.717, 1.165) is 54.5 Å². The van der Waals surface area contributed by atoms with Gasteiger partial charge in [0.05, 0.1) is 17.1 Å². The number of aryl methyl sites for hydroxylation is 2. The van der Waals surface area contributed by atoms with Crippen LogP contribution in [0.1, 0.15) is 5.56 Å².